The summed E-state index contributed by atoms with van der Waals surface area (Å²) in [6.07, 6.45) is 1.75. The van der Waals surface area contributed by atoms with E-state index in [1.54, 1.807) is 48.4 Å². The van der Waals surface area contributed by atoms with Crippen molar-refractivity contribution in [3.05, 3.63) is 53.7 Å². The van der Waals surface area contributed by atoms with Gasteiger partial charge in [0.2, 0.25) is 11.8 Å². The van der Waals surface area contributed by atoms with Gasteiger partial charge in [0.15, 0.2) is 0 Å². The number of aromatic nitrogens is 1. The van der Waals surface area contributed by atoms with E-state index >= 15 is 0 Å². The molecule has 2 aromatic rings. The molecule has 1 aliphatic heterocycles. The second kappa shape index (κ2) is 7.99. The van der Waals surface area contributed by atoms with Gasteiger partial charge < -0.3 is 15.0 Å². The van der Waals surface area contributed by atoms with Crippen molar-refractivity contribution in [1.29, 1.82) is 0 Å². The van der Waals surface area contributed by atoms with Crippen molar-refractivity contribution in [3.8, 4) is 0 Å². The Morgan fingerprint density at radius 3 is 2.67 bits per heavy atom. The summed E-state index contributed by atoms with van der Waals surface area (Å²) in [6.45, 7) is 4.19. The zero-order chi connectivity index (χ0) is 19.4. The maximum Gasteiger partial charge on any atom is 0.338 e. The number of rotatable bonds is 5. The van der Waals surface area contributed by atoms with Gasteiger partial charge in [0.25, 0.3) is 0 Å². The first-order valence-electron chi connectivity index (χ1n) is 8.79. The lowest BCUT2D eigenvalue weighted by Gasteiger charge is -2.17. The van der Waals surface area contributed by atoms with Crippen molar-refractivity contribution < 1.29 is 19.1 Å². The molecule has 2 heterocycles. The minimum absolute atomic E-state index is 0.128. The van der Waals surface area contributed by atoms with E-state index in [0.29, 0.717) is 23.7 Å². The fraction of sp³-hybridized carbons (Fsp3) is 0.300. The Hall–Kier alpha value is -3.22. The van der Waals surface area contributed by atoms with Crippen LogP contribution in [0.2, 0.25) is 0 Å². The van der Waals surface area contributed by atoms with Gasteiger partial charge >= 0.3 is 5.97 Å². The Bertz CT molecular complexity index is 864. The van der Waals surface area contributed by atoms with Crippen LogP contribution in [-0.4, -0.2) is 35.9 Å². The van der Waals surface area contributed by atoms with Gasteiger partial charge in [-0.1, -0.05) is 6.07 Å². The normalized spacial score (nSPS) is 16.3. The van der Waals surface area contributed by atoms with Crippen molar-refractivity contribution >= 4 is 29.3 Å². The summed E-state index contributed by atoms with van der Waals surface area (Å²) >= 11 is 0. The van der Waals surface area contributed by atoms with Gasteiger partial charge in [-0.3, -0.25) is 9.59 Å². The fourth-order valence-corrected chi connectivity index (χ4v) is 2.96. The van der Waals surface area contributed by atoms with Crippen molar-refractivity contribution in [1.82, 2.24) is 4.98 Å². The SMILES string of the molecule is CCOC(=O)c1ccc(N2C[C@H](C(=O)Nc3ncccc3C)CC2=O)cc1. The molecule has 0 aliphatic carbocycles. The molecular weight excluding hydrogens is 346 g/mol. The summed E-state index contributed by atoms with van der Waals surface area (Å²) in [5, 5.41) is 2.79. The molecule has 27 heavy (non-hydrogen) atoms. The summed E-state index contributed by atoms with van der Waals surface area (Å²) in [5.74, 6) is -0.705. The zero-order valence-corrected chi connectivity index (χ0v) is 15.3. The van der Waals surface area contributed by atoms with Crippen molar-refractivity contribution in [2.45, 2.75) is 20.3 Å². The molecule has 0 radical (unpaired) electrons. The van der Waals surface area contributed by atoms with Gasteiger partial charge in [0.1, 0.15) is 5.82 Å². The van der Waals surface area contributed by atoms with Crippen molar-refractivity contribution in [2.75, 3.05) is 23.4 Å². The fourth-order valence-electron chi connectivity index (χ4n) is 2.96. The lowest BCUT2D eigenvalue weighted by atomic mass is 10.1. The topological polar surface area (TPSA) is 88.6 Å². The number of pyridine rings is 1. The molecule has 1 N–H and O–H groups in total. The molecule has 7 nitrogen and oxygen atoms in total. The van der Waals surface area contributed by atoms with E-state index < -0.39 is 11.9 Å². The van der Waals surface area contributed by atoms with Gasteiger partial charge in [-0.2, -0.15) is 0 Å². The van der Waals surface area contributed by atoms with Crippen molar-refractivity contribution in [3.63, 3.8) is 0 Å². The second-order valence-electron chi connectivity index (χ2n) is 6.33. The van der Waals surface area contributed by atoms with Crippen LogP contribution in [0.3, 0.4) is 0 Å². The predicted molar refractivity (Wildman–Crippen MR) is 100 cm³/mol. The first kappa shape index (κ1) is 18.6. The summed E-state index contributed by atoms with van der Waals surface area (Å²) in [4.78, 5) is 42.3. The van der Waals surface area contributed by atoms with Crippen LogP contribution in [0.1, 0.15) is 29.3 Å². The van der Waals surface area contributed by atoms with Crippen molar-refractivity contribution in [2.24, 2.45) is 5.92 Å². The molecule has 0 unspecified atom stereocenters. The minimum atomic E-state index is -0.455. The molecular formula is C20H21N3O4. The summed E-state index contributed by atoms with van der Waals surface area (Å²) < 4.78 is 4.95. The summed E-state index contributed by atoms with van der Waals surface area (Å²) in [7, 11) is 0. The predicted octanol–water partition coefficient (Wildman–Crippen LogP) is 2.56. The molecule has 0 bridgehead atoms. The second-order valence-corrected chi connectivity index (χ2v) is 6.33. The molecule has 1 saturated heterocycles. The van der Waals surface area contributed by atoms with Crippen LogP contribution in [0.15, 0.2) is 42.6 Å². The monoisotopic (exact) mass is 367 g/mol. The van der Waals surface area contributed by atoms with E-state index in [1.165, 1.54) is 0 Å². The van der Waals surface area contributed by atoms with E-state index in [1.807, 2.05) is 13.0 Å². The number of nitrogens with one attached hydrogen (secondary N) is 1. The number of nitrogens with zero attached hydrogens (tertiary/aromatic N) is 2. The molecule has 7 heteroatoms. The number of benzene rings is 1. The quantitative estimate of drug-likeness (QED) is 0.821. The third-order valence-electron chi connectivity index (χ3n) is 4.44. The number of anilines is 2. The highest BCUT2D eigenvalue weighted by Gasteiger charge is 2.35. The van der Waals surface area contributed by atoms with Crippen LogP contribution >= 0.6 is 0 Å². The van der Waals surface area contributed by atoms with Crippen LogP contribution in [0.4, 0.5) is 11.5 Å². The Labute approximate surface area is 157 Å². The number of carbonyl (C=O) groups excluding carboxylic acids is 3. The highest BCUT2D eigenvalue weighted by molar-refractivity contribution is 6.03. The highest BCUT2D eigenvalue weighted by atomic mass is 16.5. The molecule has 2 amide bonds. The Morgan fingerprint density at radius 1 is 1.26 bits per heavy atom. The number of aryl methyl sites for hydroxylation is 1. The van der Waals surface area contributed by atoms with Gasteiger partial charge in [-0.15, -0.1) is 0 Å². The maximum atomic E-state index is 12.5. The van der Waals surface area contributed by atoms with Gasteiger partial charge in [-0.25, -0.2) is 9.78 Å². The standard InChI is InChI=1S/C20H21N3O4/c1-3-27-20(26)14-6-8-16(9-7-14)23-12-15(11-17(23)24)19(25)22-18-13(2)5-4-10-21-18/h4-10,15H,3,11-12H2,1-2H3,(H,21,22,25)/t15-/m1/s1. The minimum Gasteiger partial charge on any atom is -0.462 e. The molecule has 1 aromatic carbocycles. The van der Waals surface area contributed by atoms with Crippen LogP contribution in [0.25, 0.3) is 0 Å². The van der Waals surface area contributed by atoms with Gasteiger partial charge in [-0.05, 0) is 49.7 Å². The molecule has 140 valence electrons. The number of amides is 2. The molecule has 0 saturated carbocycles. The smallest absolute Gasteiger partial charge is 0.338 e. The van der Waals surface area contributed by atoms with Crippen LogP contribution in [-0.2, 0) is 14.3 Å². The van der Waals surface area contributed by atoms with E-state index in [0.717, 1.165) is 5.56 Å². The lowest BCUT2D eigenvalue weighted by molar-refractivity contribution is -0.122. The van der Waals surface area contributed by atoms with E-state index in [9.17, 15) is 14.4 Å². The third kappa shape index (κ3) is 4.13. The largest absolute Gasteiger partial charge is 0.462 e. The number of hydrogen-bond donors (Lipinski definition) is 1. The Balaban J connectivity index is 1.67. The Morgan fingerprint density at radius 2 is 2.00 bits per heavy atom. The average Bonchev–Trinajstić information content (AvgIpc) is 3.06. The molecule has 1 aliphatic rings. The van der Waals surface area contributed by atoms with Gasteiger partial charge in [0.05, 0.1) is 18.1 Å². The Kier molecular flexibility index (Phi) is 5.49. The number of esters is 1. The maximum absolute atomic E-state index is 12.5. The van der Waals surface area contributed by atoms with Crippen LogP contribution in [0, 0.1) is 12.8 Å². The first-order valence-corrected chi connectivity index (χ1v) is 8.79. The molecule has 3 rings (SSSR count). The summed E-state index contributed by atoms with van der Waals surface area (Å²) in [6, 6.07) is 10.3. The number of ether oxygens (including phenoxy) is 1. The average molecular weight is 367 g/mol. The van der Waals surface area contributed by atoms with Gasteiger partial charge in [0, 0.05) is 24.8 Å². The zero-order valence-electron chi connectivity index (χ0n) is 15.3. The molecule has 1 aromatic heterocycles. The third-order valence-corrected chi connectivity index (χ3v) is 4.44. The molecule has 0 spiro atoms. The first-order chi connectivity index (χ1) is 13.0. The molecule has 1 fully saturated rings. The number of carbonyl (C=O) groups is 3. The summed E-state index contributed by atoms with van der Waals surface area (Å²) in [5.41, 5.74) is 1.94. The number of hydrogen-bond acceptors (Lipinski definition) is 5. The lowest BCUT2D eigenvalue weighted by Crippen LogP contribution is -2.28. The van der Waals surface area contributed by atoms with E-state index in [2.05, 4.69) is 10.3 Å². The van der Waals surface area contributed by atoms with Crippen LogP contribution in [0.5, 0.6) is 0 Å². The highest BCUT2D eigenvalue weighted by Crippen LogP contribution is 2.26. The molecule has 1 atom stereocenters. The van der Waals surface area contributed by atoms with E-state index in [4.69, 9.17) is 4.74 Å². The van der Waals surface area contributed by atoms with Crippen LogP contribution < -0.4 is 10.2 Å². The van der Waals surface area contributed by atoms with E-state index in [-0.39, 0.29) is 24.8 Å².